The Morgan fingerprint density at radius 3 is 2.03 bits per heavy atom. The molecule has 0 saturated carbocycles. The molecule has 3 rings (SSSR count). The van der Waals surface area contributed by atoms with Gasteiger partial charge in [-0.3, -0.25) is 4.68 Å². The monoisotopic (exact) mass is 444 g/mol. The normalized spacial score (nSPS) is 17.6. The molecule has 1 aliphatic rings. The molecule has 1 fully saturated rings. The van der Waals surface area contributed by atoms with E-state index in [2.05, 4.69) is 10.1 Å². The van der Waals surface area contributed by atoms with Gasteiger partial charge in [-0.15, -0.1) is 0 Å². The van der Waals surface area contributed by atoms with Gasteiger partial charge in [0.25, 0.3) is 10.0 Å². The molecule has 10 nitrogen and oxygen atoms in total. The summed E-state index contributed by atoms with van der Waals surface area (Å²) in [6.07, 6.45) is 1.89. The Hall–Kier alpha value is -1.76. The minimum Gasteiger partial charge on any atom is -0.337 e. The Labute approximate surface area is 172 Å². The molecule has 0 amide bonds. The summed E-state index contributed by atoms with van der Waals surface area (Å²) >= 11 is 0. The van der Waals surface area contributed by atoms with E-state index in [1.807, 2.05) is 6.92 Å². The number of hydrogen-bond donors (Lipinski definition) is 0. The Morgan fingerprint density at radius 1 is 0.966 bits per heavy atom. The molecule has 3 heterocycles. The van der Waals surface area contributed by atoms with Gasteiger partial charge < -0.3 is 4.57 Å². The predicted molar refractivity (Wildman–Crippen MR) is 107 cm³/mol. The van der Waals surface area contributed by atoms with Gasteiger partial charge in [0.2, 0.25) is 10.0 Å². The number of imidazole rings is 1. The lowest BCUT2D eigenvalue weighted by Crippen LogP contribution is -2.37. The van der Waals surface area contributed by atoms with Crippen LogP contribution in [0.5, 0.6) is 0 Å². The van der Waals surface area contributed by atoms with Gasteiger partial charge >= 0.3 is 0 Å². The summed E-state index contributed by atoms with van der Waals surface area (Å²) in [5, 5.41) is 4.30. The zero-order chi connectivity index (χ0) is 21.6. The highest BCUT2D eigenvalue weighted by molar-refractivity contribution is 7.89. The highest BCUT2D eigenvalue weighted by Gasteiger charge is 2.35. The van der Waals surface area contributed by atoms with Gasteiger partial charge in [0.15, 0.2) is 5.03 Å². The number of nitrogens with zero attached hydrogens (tertiary/aromatic N) is 6. The minimum atomic E-state index is -3.77. The van der Waals surface area contributed by atoms with E-state index in [9.17, 15) is 16.8 Å². The van der Waals surface area contributed by atoms with Crippen molar-refractivity contribution in [2.75, 3.05) is 26.2 Å². The van der Waals surface area contributed by atoms with Crippen LogP contribution >= 0.6 is 0 Å². The molecule has 29 heavy (non-hydrogen) atoms. The summed E-state index contributed by atoms with van der Waals surface area (Å²) < 4.78 is 58.5. The Morgan fingerprint density at radius 2 is 1.55 bits per heavy atom. The van der Waals surface area contributed by atoms with Crippen LogP contribution in [0.1, 0.15) is 30.6 Å². The molecule has 0 atom stereocenters. The highest BCUT2D eigenvalue weighted by Crippen LogP contribution is 2.25. The van der Waals surface area contributed by atoms with Crippen molar-refractivity contribution in [1.29, 1.82) is 0 Å². The molecule has 12 heteroatoms. The first-order valence-corrected chi connectivity index (χ1v) is 12.4. The molecule has 1 aliphatic heterocycles. The fraction of sp³-hybridized carbons (Fsp3) is 0.647. The lowest BCUT2D eigenvalue weighted by Gasteiger charge is -2.21. The summed E-state index contributed by atoms with van der Waals surface area (Å²) in [6, 6.07) is 0. The third-order valence-electron chi connectivity index (χ3n) is 5.32. The zero-order valence-electron chi connectivity index (χ0n) is 17.5. The van der Waals surface area contributed by atoms with Crippen molar-refractivity contribution in [2.24, 2.45) is 7.05 Å². The van der Waals surface area contributed by atoms with E-state index < -0.39 is 20.0 Å². The van der Waals surface area contributed by atoms with Crippen molar-refractivity contribution in [2.45, 2.75) is 50.6 Å². The van der Waals surface area contributed by atoms with Crippen LogP contribution in [0, 0.1) is 20.8 Å². The number of rotatable bonds is 5. The van der Waals surface area contributed by atoms with Crippen LogP contribution in [0.25, 0.3) is 0 Å². The van der Waals surface area contributed by atoms with Crippen molar-refractivity contribution in [3.05, 3.63) is 23.4 Å². The average Bonchev–Trinajstić information content (AvgIpc) is 3.01. The first-order valence-electron chi connectivity index (χ1n) is 9.54. The van der Waals surface area contributed by atoms with E-state index in [4.69, 9.17) is 0 Å². The van der Waals surface area contributed by atoms with E-state index >= 15 is 0 Å². The largest absolute Gasteiger partial charge is 0.337 e. The molecular formula is C17H28N6O4S2. The second-order valence-corrected chi connectivity index (χ2v) is 11.0. The fourth-order valence-electron chi connectivity index (χ4n) is 3.62. The quantitative estimate of drug-likeness (QED) is 0.670. The predicted octanol–water partition coefficient (Wildman–Crippen LogP) is 0.647. The summed E-state index contributed by atoms with van der Waals surface area (Å²) in [5.41, 5.74) is 1.06. The number of sulfonamides is 2. The molecule has 0 radical (unpaired) electrons. The van der Waals surface area contributed by atoms with Gasteiger partial charge in [-0.25, -0.2) is 21.8 Å². The van der Waals surface area contributed by atoms with Crippen molar-refractivity contribution in [1.82, 2.24) is 27.9 Å². The van der Waals surface area contributed by atoms with E-state index in [0.29, 0.717) is 30.2 Å². The smallest absolute Gasteiger partial charge is 0.262 e. The summed E-state index contributed by atoms with van der Waals surface area (Å²) in [7, 11) is -5.80. The summed E-state index contributed by atoms with van der Waals surface area (Å²) in [6.45, 7) is 8.32. The van der Waals surface area contributed by atoms with Crippen LogP contribution in [0.2, 0.25) is 0 Å². The number of aromatic nitrogens is 4. The first-order chi connectivity index (χ1) is 13.5. The summed E-state index contributed by atoms with van der Waals surface area (Å²) in [5.74, 6) is 0.599. The Balaban J connectivity index is 1.85. The van der Waals surface area contributed by atoms with E-state index in [1.54, 1.807) is 37.1 Å². The molecule has 1 saturated heterocycles. The van der Waals surface area contributed by atoms with Crippen LogP contribution in [0.15, 0.2) is 16.1 Å². The molecule has 0 bridgehead atoms. The van der Waals surface area contributed by atoms with Gasteiger partial charge in [-0.1, -0.05) is 0 Å². The lowest BCUT2D eigenvalue weighted by molar-refractivity contribution is 0.403. The van der Waals surface area contributed by atoms with E-state index in [-0.39, 0.29) is 36.1 Å². The van der Waals surface area contributed by atoms with Gasteiger partial charge in [0.05, 0.1) is 11.4 Å². The standard InChI is InChI=1S/C17H28N6O4S2/c1-6-23-14(3)17(13(2)19-23)29(26,27)22-9-7-8-21(10-11-22)28(24,25)16-12-20(5)15(4)18-16/h12H,6-11H2,1-5H3. The molecule has 2 aromatic heterocycles. The second kappa shape index (κ2) is 7.82. The maximum absolute atomic E-state index is 13.3. The van der Waals surface area contributed by atoms with Gasteiger partial charge in [-0.05, 0) is 34.1 Å². The topological polar surface area (TPSA) is 110 Å². The third kappa shape index (κ3) is 3.86. The van der Waals surface area contributed by atoms with Gasteiger partial charge in [0.1, 0.15) is 10.7 Å². The number of hydrogen-bond acceptors (Lipinski definition) is 6. The van der Waals surface area contributed by atoms with Gasteiger partial charge in [0, 0.05) is 46.0 Å². The van der Waals surface area contributed by atoms with Crippen LogP contribution in [-0.4, -0.2) is 71.0 Å². The van der Waals surface area contributed by atoms with E-state index in [0.717, 1.165) is 0 Å². The molecule has 0 unspecified atom stereocenters. The van der Waals surface area contributed by atoms with E-state index in [1.165, 1.54) is 14.8 Å². The molecule has 0 N–H and O–H groups in total. The van der Waals surface area contributed by atoms with Crippen molar-refractivity contribution in [3.63, 3.8) is 0 Å². The van der Waals surface area contributed by atoms with Crippen LogP contribution in [-0.2, 0) is 33.6 Å². The number of aryl methyl sites for hydroxylation is 4. The molecule has 0 aliphatic carbocycles. The second-order valence-electron chi connectivity index (χ2n) is 7.21. The molecule has 162 valence electrons. The molecule has 0 aromatic carbocycles. The zero-order valence-corrected chi connectivity index (χ0v) is 19.1. The van der Waals surface area contributed by atoms with Crippen LogP contribution < -0.4 is 0 Å². The van der Waals surface area contributed by atoms with Crippen LogP contribution in [0.4, 0.5) is 0 Å². The maximum atomic E-state index is 13.3. The van der Waals surface area contributed by atoms with Crippen molar-refractivity contribution in [3.8, 4) is 0 Å². The SMILES string of the molecule is CCn1nc(C)c(S(=O)(=O)N2CCCN(S(=O)(=O)c3cn(C)c(C)n3)CC2)c1C. The minimum absolute atomic E-state index is 0.00952. The summed E-state index contributed by atoms with van der Waals surface area (Å²) in [4.78, 5) is 4.35. The lowest BCUT2D eigenvalue weighted by atomic mass is 10.4. The van der Waals surface area contributed by atoms with Gasteiger partial charge in [-0.2, -0.15) is 13.7 Å². The molecule has 2 aromatic rings. The third-order valence-corrected chi connectivity index (χ3v) is 9.24. The van der Waals surface area contributed by atoms with Crippen molar-refractivity contribution < 1.29 is 16.8 Å². The fourth-order valence-corrected chi connectivity index (χ4v) is 6.96. The average molecular weight is 445 g/mol. The molecular weight excluding hydrogens is 416 g/mol. The van der Waals surface area contributed by atoms with Crippen molar-refractivity contribution >= 4 is 20.0 Å². The Bertz CT molecular complexity index is 1100. The molecule has 0 spiro atoms. The highest BCUT2D eigenvalue weighted by atomic mass is 32.2. The first kappa shape index (κ1) is 21.9. The Kier molecular flexibility index (Phi) is 5.91. The van der Waals surface area contributed by atoms with Crippen LogP contribution in [0.3, 0.4) is 0 Å². The maximum Gasteiger partial charge on any atom is 0.262 e.